The first-order valence-electron chi connectivity index (χ1n) is 3.56. The zero-order chi connectivity index (χ0) is 9.14. The molecular formula is C8H8BrNO2. The Bertz CT molecular complexity index is 281. The Morgan fingerprint density at radius 1 is 1.75 bits per heavy atom. The molecule has 1 unspecified atom stereocenters. The van der Waals surface area contributed by atoms with Crippen molar-refractivity contribution in [3.8, 4) is 0 Å². The van der Waals surface area contributed by atoms with Gasteiger partial charge in [-0.2, -0.15) is 0 Å². The highest BCUT2D eigenvalue weighted by Gasteiger charge is 2.18. The molecule has 1 amide bonds. The maximum Gasteiger partial charge on any atom is 0.316 e. The third-order valence-electron chi connectivity index (χ3n) is 1.84. The number of amides is 1. The number of halogens is 1. The van der Waals surface area contributed by atoms with Crippen LogP contribution < -0.4 is 0 Å². The van der Waals surface area contributed by atoms with E-state index in [-0.39, 0.29) is 4.83 Å². The van der Waals surface area contributed by atoms with Crippen molar-refractivity contribution in [2.24, 2.45) is 5.18 Å². The Morgan fingerprint density at radius 3 is 3.00 bits per heavy atom. The molecule has 0 spiro atoms. The van der Waals surface area contributed by atoms with Gasteiger partial charge in [-0.05, 0) is 18.9 Å². The van der Waals surface area contributed by atoms with Gasteiger partial charge in [0.05, 0.1) is 0 Å². The second kappa shape index (κ2) is 3.76. The molecule has 0 aliphatic heterocycles. The number of alkyl halides is 1. The lowest BCUT2D eigenvalue weighted by atomic mass is 9.99. The van der Waals surface area contributed by atoms with E-state index in [1.807, 2.05) is 13.0 Å². The zero-order valence-electron chi connectivity index (χ0n) is 6.58. The second-order valence-electron chi connectivity index (χ2n) is 2.60. The molecular weight excluding hydrogens is 222 g/mol. The fourth-order valence-corrected chi connectivity index (χ4v) is 1.53. The highest BCUT2D eigenvalue weighted by Crippen LogP contribution is 2.25. The van der Waals surface area contributed by atoms with E-state index < -0.39 is 5.91 Å². The van der Waals surface area contributed by atoms with Crippen LogP contribution in [-0.2, 0) is 4.79 Å². The van der Waals surface area contributed by atoms with Gasteiger partial charge in [0.2, 0.25) is 0 Å². The minimum atomic E-state index is -0.687. The van der Waals surface area contributed by atoms with Crippen molar-refractivity contribution in [1.29, 1.82) is 0 Å². The Kier molecular flexibility index (Phi) is 2.92. The van der Waals surface area contributed by atoms with Crippen LogP contribution in [-0.4, -0.2) is 10.7 Å². The van der Waals surface area contributed by atoms with E-state index in [9.17, 15) is 9.70 Å². The summed E-state index contributed by atoms with van der Waals surface area (Å²) >= 11 is 3.39. The summed E-state index contributed by atoms with van der Waals surface area (Å²) in [5.74, 6) is -0.687. The summed E-state index contributed by atoms with van der Waals surface area (Å²) in [6.07, 6.45) is 4.35. The van der Waals surface area contributed by atoms with Gasteiger partial charge in [-0.3, -0.25) is 4.79 Å². The number of hydrogen-bond acceptors (Lipinski definition) is 2. The molecule has 0 fully saturated rings. The van der Waals surface area contributed by atoms with Gasteiger partial charge in [0.1, 0.15) is 0 Å². The highest BCUT2D eigenvalue weighted by molar-refractivity contribution is 9.09. The summed E-state index contributed by atoms with van der Waals surface area (Å²) in [7, 11) is 0. The van der Waals surface area contributed by atoms with Gasteiger partial charge >= 0.3 is 5.91 Å². The quantitative estimate of drug-likeness (QED) is 0.512. The number of rotatable bonds is 1. The standard InChI is InChI=1S/C8H8BrNO2/c1-5-6(8(11)10-12)3-2-4-7(5)9/h2-3,7H,4H2,1H3. The van der Waals surface area contributed by atoms with Crippen molar-refractivity contribution in [2.75, 3.05) is 0 Å². The molecule has 0 aromatic heterocycles. The van der Waals surface area contributed by atoms with E-state index in [2.05, 4.69) is 21.1 Å². The van der Waals surface area contributed by atoms with Gasteiger partial charge in [0.15, 0.2) is 0 Å². The third kappa shape index (κ3) is 1.69. The summed E-state index contributed by atoms with van der Waals surface area (Å²) in [5.41, 5.74) is 1.29. The van der Waals surface area contributed by atoms with Crippen molar-refractivity contribution < 1.29 is 4.79 Å². The second-order valence-corrected chi connectivity index (χ2v) is 3.70. The third-order valence-corrected chi connectivity index (χ3v) is 2.90. The molecule has 1 rings (SSSR count). The number of allylic oxidation sites excluding steroid dienone is 2. The molecule has 0 heterocycles. The van der Waals surface area contributed by atoms with E-state index in [0.29, 0.717) is 5.57 Å². The molecule has 0 bridgehead atoms. The fraction of sp³-hybridized carbons (Fsp3) is 0.375. The predicted molar refractivity (Wildman–Crippen MR) is 50.0 cm³/mol. The topological polar surface area (TPSA) is 46.5 Å². The van der Waals surface area contributed by atoms with E-state index in [1.54, 1.807) is 6.08 Å². The van der Waals surface area contributed by atoms with Gasteiger partial charge in [-0.15, -0.1) is 4.91 Å². The monoisotopic (exact) mass is 229 g/mol. The molecule has 0 aromatic rings. The minimum Gasteiger partial charge on any atom is -0.263 e. The van der Waals surface area contributed by atoms with Crippen LogP contribution in [0.4, 0.5) is 0 Å². The van der Waals surface area contributed by atoms with Crippen LogP contribution in [0.25, 0.3) is 0 Å². The molecule has 0 saturated heterocycles. The van der Waals surface area contributed by atoms with Crippen molar-refractivity contribution in [2.45, 2.75) is 18.2 Å². The zero-order valence-corrected chi connectivity index (χ0v) is 8.17. The van der Waals surface area contributed by atoms with Gasteiger partial charge in [-0.25, -0.2) is 0 Å². The molecule has 1 aliphatic carbocycles. The van der Waals surface area contributed by atoms with Crippen molar-refractivity contribution in [3.05, 3.63) is 28.2 Å². The SMILES string of the molecule is CC1=C(C(=O)N=O)C=CCC1Br. The van der Waals surface area contributed by atoms with Gasteiger partial charge in [0.25, 0.3) is 0 Å². The molecule has 0 saturated carbocycles. The molecule has 0 N–H and O–H groups in total. The number of carbonyl (C=O) groups excluding carboxylic acids is 1. The van der Waals surface area contributed by atoms with Gasteiger partial charge in [0, 0.05) is 15.6 Å². The Morgan fingerprint density at radius 2 is 2.42 bits per heavy atom. The van der Waals surface area contributed by atoms with Crippen LogP contribution in [0.15, 0.2) is 28.5 Å². The lowest BCUT2D eigenvalue weighted by molar-refractivity contribution is -0.114. The van der Waals surface area contributed by atoms with E-state index in [4.69, 9.17) is 0 Å². The Balaban J connectivity index is 3.00. The van der Waals surface area contributed by atoms with Gasteiger partial charge < -0.3 is 0 Å². The molecule has 0 aromatic carbocycles. The maximum absolute atomic E-state index is 10.9. The molecule has 0 radical (unpaired) electrons. The van der Waals surface area contributed by atoms with Crippen LogP contribution in [0.1, 0.15) is 13.3 Å². The first kappa shape index (κ1) is 9.32. The molecule has 1 atom stereocenters. The largest absolute Gasteiger partial charge is 0.316 e. The summed E-state index contributed by atoms with van der Waals surface area (Å²) < 4.78 is 0. The van der Waals surface area contributed by atoms with Crippen molar-refractivity contribution in [1.82, 2.24) is 0 Å². The number of nitrogens with zero attached hydrogens (tertiary/aromatic N) is 1. The average molecular weight is 230 g/mol. The highest BCUT2D eigenvalue weighted by atomic mass is 79.9. The fourth-order valence-electron chi connectivity index (χ4n) is 1.07. The molecule has 1 aliphatic rings. The van der Waals surface area contributed by atoms with Crippen LogP contribution in [0.2, 0.25) is 0 Å². The number of carbonyl (C=O) groups is 1. The number of nitroso groups, excluding NO2 is 1. The van der Waals surface area contributed by atoms with Crippen LogP contribution in [0.5, 0.6) is 0 Å². The Hall–Kier alpha value is -0.770. The lowest BCUT2D eigenvalue weighted by Gasteiger charge is -2.14. The molecule has 64 valence electrons. The first-order valence-corrected chi connectivity index (χ1v) is 4.47. The first-order chi connectivity index (χ1) is 5.66. The average Bonchev–Trinajstić information content (AvgIpc) is 2.08. The van der Waals surface area contributed by atoms with Crippen LogP contribution in [0, 0.1) is 4.91 Å². The van der Waals surface area contributed by atoms with E-state index in [0.717, 1.165) is 12.0 Å². The summed E-state index contributed by atoms with van der Waals surface area (Å²) in [4.78, 5) is 21.0. The molecule has 3 nitrogen and oxygen atoms in total. The van der Waals surface area contributed by atoms with Crippen molar-refractivity contribution >= 4 is 21.8 Å². The van der Waals surface area contributed by atoms with Crippen LogP contribution in [0.3, 0.4) is 0 Å². The van der Waals surface area contributed by atoms with Gasteiger partial charge in [-0.1, -0.05) is 28.1 Å². The maximum atomic E-state index is 10.9. The smallest absolute Gasteiger partial charge is 0.263 e. The normalized spacial score (nSPS) is 22.7. The predicted octanol–water partition coefficient (Wildman–Crippen LogP) is 2.32. The summed E-state index contributed by atoms with van der Waals surface area (Å²) in [5, 5.41) is 2.38. The van der Waals surface area contributed by atoms with E-state index in [1.165, 1.54) is 0 Å². The Labute approximate surface area is 78.6 Å². The van der Waals surface area contributed by atoms with Crippen LogP contribution >= 0.6 is 15.9 Å². The summed E-state index contributed by atoms with van der Waals surface area (Å²) in [6.45, 7) is 1.82. The summed E-state index contributed by atoms with van der Waals surface area (Å²) in [6, 6.07) is 0. The minimum absolute atomic E-state index is 0.156. The molecule has 4 heteroatoms. The lowest BCUT2D eigenvalue weighted by Crippen LogP contribution is -2.10. The molecule has 12 heavy (non-hydrogen) atoms. The van der Waals surface area contributed by atoms with Crippen molar-refractivity contribution in [3.63, 3.8) is 0 Å². The van der Waals surface area contributed by atoms with E-state index >= 15 is 0 Å². The number of hydrogen-bond donors (Lipinski definition) is 0.